The van der Waals surface area contributed by atoms with Crippen molar-refractivity contribution in [3.05, 3.63) is 12.7 Å². The maximum absolute atomic E-state index is 9.12. The van der Waals surface area contributed by atoms with E-state index in [0.29, 0.717) is 5.92 Å². The fourth-order valence-corrected chi connectivity index (χ4v) is 2.22. The van der Waals surface area contributed by atoms with E-state index in [4.69, 9.17) is 5.26 Å². The Balaban J connectivity index is 2.09. The van der Waals surface area contributed by atoms with E-state index in [9.17, 15) is 0 Å². The Morgan fingerprint density at radius 2 is 1.86 bits per heavy atom. The van der Waals surface area contributed by atoms with Crippen LogP contribution in [0.1, 0.15) is 38.1 Å². The quantitative estimate of drug-likeness (QED) is 0.716. The zero-order valence-electron chi connectivity index (χ0n) is 8.13. The molecule has 0 radical (unpaired) electrons. The number of hydrogen-bond acceptors (Lipinski definition) is 3. The summed E-state index contributed by atoms with van der Waals surface area (Å²) in [5.41, 5.74) is 0. The summed E-state index contributed by atoms with van der Waals surface area (Å²) in [6.45, 7) is 0. The molecule has 0 amide bonds. The van der Waals surface area contributed by atoms with Crippen molar-refractivity contribution in [3.8, 4) is 6.07 Å². The first kappa shape index (κ1) is 9.20. The molecule has 4 heteroatoms. The van der Waals surface area contributed by atoms with Gasteiger partial charge in [-0.25, -0.2) is 0 Å². The van der Waals surface area contributed by atoms with Crippen molar-refractivity contribution in [2.75, 3.05) is 0 Å². The summed E-state index contributed by atoms with van der Waals surface area (Å²) in [7, 11) is 0. The number of hydrogen-bond donors (Lipinski definition) is 0. The van der Waals surface area contributed by atoms with Crippen LogP contribution in [-0.2, 0) is 0 Å². The highest BCUT2D eigenvalue weighted by molar-refractivity contribution is 4.95. The van der Waals surface area contributed by atoms with Gasteiger partial charge in [0.25, 0.3) is 0 Å². The van der Waals surface area contributed by atoms with Crippen LogP contribution in [0.2, 0.25) is 0 Å². The molecule has 4 nitrogen and oxygen atoms in total. The Morgan fingerprint density at radius 1 is 1.21 bits per heavy atom. The van der Waals surface area contributed by atoms with E-state index in [-0.39, 0.29) is 6.04 Å². The fraction of sp³-hybridized carbons (Fsp3) is 0.700. The Hall–Kier alpha value is -1.37. The summed E-state index contributed by atoms with van der Waals surface area (Å²) < 4.78 is 1.83. The van der Waals surface area contributed by atoms with Crippen molar-refractivity contribution in [3.63, 3.8) is 0 Å². The van der Waals surface area contributed by atoms with Gasteiger partial charge in [-0.1, -0.05) is 19.3 Å². The van der Waals surface area contributed by atoms with E-state index >= 15 is 0 Å². The van der Waals surface area contributed by atoms with Crippen LogP contribution >= 0.6 is 0 Å². The molecule has 0 aromatic carbocycles. The molecule has 74 valence electrons. The highest BCUT2D eigenvalue weighted by Gasteiger charge is 2.24. The van der Waals surface area contributed by atoms with Crippen molar-refractivity contribution in [1.82, 2.24) is 14.8 Å². The zero-order chi connectivity index (χ0) is 9.80. The molecule has 14 heavy (non-hydrogen) atoms. The van der Waals surface area contributed by atoms with Gasteiger partial charge in [-0.2, -0.15) is 5.26 Å². The van der Waals surface area contributed by atoms with Gasteiger partial charge in [-0.15, -0.1) is 10.2 Å². The summed E-state index contributed by atoms with van der Waals surface area (Å²) in [5, 5.41) is 16.6. The molecule has 1 fully saturated rings. The van der Waals surface area contributed by atoms with Gasteiger partial charge in [0.1, 0.15) is 18.7 Å². The van der Waals surface area contributed by atoms with Crippen molar-refractivity contribution >= 4 is 0 Å². The maximum atomic E-state index is 9.12. The van der Waals surface area contributed by atoms with Gasteiger partial charge in [0.2, 0.25) is 0 Å². The van der Waals surface area contributed by atoms with E-state index in [0.717, 1.165) is 12.8 Å². The maximum Gasteiger partial charge on any atom is 0.126 e. The fourth-order valence-electron chi connectivity index (χ4n) is 2.22. The third kappa shape index (κ3) is 1.77. The first-order valence-electron chi connectivity index (χ1n) is 5.15. The minimum Gasteiger partial charge on any atom is -0.303 e. The van der Waals surface area contributed by atoms with E-state index < -0.39 is 0 Å². The molecule has 1 unspecified atom stereocenters. The molecule has 0 spiro atoms. The molecular weight excluding hydrogens is 176 g/mol. The average molecular weight is 190 g/mol. The lowest BCUT2D eigenvalue weighted by atomic mass is 9.84. The molecule has 1 aromatic rings. The van der Waals surface area contributed by atoms with Gasteiger partial charge < -0.3 is 4.57 Å². The molecule has 1 atom stereocenters. The molecular formula is C10H14N4. The lowest BCUT2D eigenvalue weighted by molar-refractivity contribution is 0.289. The van der Waals surface area contributed by atoms with Crippen molar-refractivity contribution in [2.24, 2.45) is 5.92 Å². The second-order valence-corrected chi connectivity index (χ2v) is 3.88. The van der Waals surface area contributed by atoms with Gasteiger partial charge in [0, 0.05) is 0 Å². The Morgan fingerprint density at radius 3 is 2.43 bits per heavy atom. The van der Waals surface area contributed by atoms with Crippen LogP contribution < -0.4 is 0 Å². The minimum absolute atomic E-state index is 0.0645. The van der Waals surface area contributed by atoms with Crippen LogP contribution in [0.3, 0.4) is 0 Å². The summed E-state index contributed by atoms with van der Waals surface area (Å²) in [6.07, 6.45) is 9.44. The van der Waals surface area contributed by atoms with Gasteiger partial charge in [0.15, 0.2) is 0 Å². The highest BCUT2D eigenvalue weighted by atomic mass is 15.2. The van der Waals surface area contributed by atoms with E-state index in [1.807, 2.05) is 4.57 Å². The van der Waals surface area contributed by atoms with Gasteiger partial charge in [-0.05, 0) is 18.8 Å². The molecule has 0 bridgehead atoms. The summed E-state index contributed by atoms with van der Waals surface area (Å²) in [4.78, 5) is 0. The van der Waals surface area contributed by atoms with Crippen LogP contribution in [0.5, 0.6) is 0 Å². The van der Waals surface area contributed by atoms with E-state index in [1.165, 1.54) is 19.3 Å². The zero-order valence-corrected chi connectivity index (χ0v) is 8.13. The second-order valence-electron chi connectivity index (χ2n) is 3.88. The second kappa shape index (κ2) is 4.23. The lowest BCUT2D eigenvalue weighted by Gasteiger charge is -2.25. The van der Waals surface area contributed by atoms with Crippen LogP contribution in [0, 0.1) is 17.2 Å². The largest absolute Gasteiger partial charge is 0.303 e. The smallest absolute Gasteiger partial charge is 0.126 e. The van der Waals surface area contributed by atoms with Crippen LogP contribution in [0.4, 0.5) is 0 Å². The van der Waals surface area contributed by atoms with Gasteiger partial charge in [0.05, 0.1) is 6.07 Å². The average Bonchev–Trinajstić information content (AvgIpc) is 2.74. The molecule has 2 rings (SSSR count). The first-order valence-corrected chi connectivity index (χ1v) is 5.15. The van der Waals surface area contributed by atoms with Crippen molar-refractivity contribution in [1.29, 1.82) is 5.26 Å². The molecule has 0 saturated heterocycles. The standard InChI is InChI=1S/C10H14N4/c11-6-10(14-7-12-13-8-14)9-4-2-1-3-5-9/h7-10H,1-5H2. The molecule has 0 aliphatic heterocycles. The normalized spacial score (nSPS) is 20.2. The Kier molecular flexibility index (Phi) is 2.78. The predicted octanol–water partition coefficient (Wildman–Crippen LogP) is 1.92. The van der Waals surface area contributed by atoms with Crippen LogP contribution in [0.25, 0.3) is 0 Å². The Labute approximate surface area is 83.6 Å². The summed E-state index contributed by atoms with van der Waals surface area (Å²) in [6, 6.07) is 2.29. The third-order valence-corrected chi connectivity index (χ3v) is 2.99. The molecule has 1 aliphatic rings. The lowest BCUT2D eigenvalue weighted by Crippen LogP contribution is -2.19. The molecule has 1 aromatic heterocycles. The third-order valence-electron chi connectivity index (χ3n) is 2.99. The minimum atomic E-state index is -0.0645. The van der Waals surface area contributed by atoms with Crippen LogP contribution in [0.15, 0.2) is 12.7 Å². The van der Waals surface area contributed by atoms with E-state index in [1.54, 1.807) is 12.7 Å². The van der Waals surface area contributed by atoms with Crippen LogP contribution in [-0.4, -0.2) is 14.8 Å². The summed E-state index contributed by atoms with van der Waals surface area (Å²) in [5.74, 6) is 0.491. The molecule has 1 saturated carbocycles. The topological polar surface area (TPSA) is 54.5 Å². The Bertz CT molecular complexity index is 305. The van der Waals surface area contributed by atoms with Crippen molar-refractivity contribution in [2.45, 2.75) is 38.1 Å². The predicted molar refractivity (Wildman–Crippen MR) is 51.2 cm³/mol. The number of aromatic nitrogens is 3. The SMILES string of the molecule is N#CC(C1CCCCC1)n1cnnc1. The number of nitriles is 1. The first-order chi connectivity index (χ1) is 6.92. The van der Waals surface area contributed by atoms with E-state index in [2.05, 4.69) is 16.3 Å². The number of nitrogens with zero attached hydrogens (tertiary/aromatic N) is 4. The summed E-state index contributed by atoms with van der Waals surface area (Å²) >= 11 is 0. The molecule has 0 N–H and O–H groups in total. The van der Waals surface area contributed by atoms with Gasteiger partial charge in [-0.3, -0.25) is 0 Å². The highest BCUT2D eigenvalue weighted by Crippen LogP contribution is 2.32. The van der Waals surface area contributed by atoms with Crippen molar-refractivity contribution < 1.29 is 0 Å². The number of rotatable bonds is 2. The monoisotopic (exact) mass is 190 g/mol. The molecule has 1 heterocycles. The molecule has 1 aliphatic carbocycles. The van der Waals surface area contributed by atoms with Gasteiger partial charge >= 0.3 is 0 Å².